The Hall–Kier alpha value is -1.46. The Morgan fingerprint density at radius 3 is 3.04 bits per heavy atom. The topological polar surface area (TPSA) is 38.8 Å². The fraction of sp³-hybridized carbons (Fsp3) is 0.500. The predicted molar refractivity (Wildman–Crippen MR) is 87.9 cm³/mol. The molecule has 4 aliphatic rings. The number of rotatable bonds is 0. The van der Waals surface area contributed by atoms with Crippen LogP contribution in [0, 0.1) is 0 Å². The van der Waals surface area contributed by atoms with Crippen LogP contribution >= 0.6 is 11.8 Å². The Labute approximate surface area is 139 Å². The van der Waals surface area contributed by atoms with E-state index in [1.165, 1.54) is 11.1 Å². The normalized spacial score (nSPS) is 35.2. The van der Waals surface area contributed by atoms with Crippen LogP contribution in [0.3, 0.4) is 0 Å². The fourth-order valence-electron chi connectivity index (χ4n) is 4.54. The van der Waals surface area contributed by atoms with Gasteiger partial charge in [-0.1, -0.05) is 24.3 Å². The van der Waals surface area contributed by atoms with Gasteiger partial charge in [-0.2, -0.15) is 0 Å². The molecule has 0 aromatic heterocycles. The first-order valence-corrected chi connectivity index (χ1v) is 9.26. The van der Waals surface area contributed by atoms with Gasteiger partial charge >= 0.3 is 5.97 Å². The van der Waals surface area contributed by atoms with Gasteiger partial charge in [0.1, 0.15) is 11.7 Å². The molecule has 0 bridgehead atoms. The molecule has 0 amide bonds. The lowest BCUT2D eigenvalue weighted by Gasteiger charge is -2.48. The number of fused-ring (bicyclic) bond motifs is 5. The van der Waals surface area contributed by atoms with Crippen molar-refractivity contribution >= 4 is 17.7 Å². The average molecular weight is 329 g/mol. The number of carbonyl (C=O) groups excluding carboxylic acids is 1. The van der Waals surface area contributed by atoms with E-state index in [0.29, 0.717) is 6.61 Å². The number of carbonyl (C=O) groups is 1. The molecule has 5 heteroatoms. The van der Waals surface area contributed by atoms with Crippen molar-refractivity contribution in [3.8, 4) is 0 Å². The Morgan fingerprint density at radius 2 is 2.22 bits per heavy atom. The van der Waals surface area contributed by atoms with Crippen molar-refractivity contribution in [1.29, 1.82) is 0 Å². The highest BCUT2D eigenvalue weighted by Gasteiger charge is 2.57. The van der Waals surface area contributed by atoms with E-state index in [1.54, 1.807) is 11.8 Å². The molecule has 0 aliphatic carbocycles. The third-order valence-corrected chi connectivity index (χ3v) is 6.77. The Morgan fingerprint density at radius 1 is 1.35 bits per heavy atom. The average Bonchev–Trinajstić information content (AvgIpc) is 3.13. The van der Waals surface area contributed by atoms with Gasteiger partial charge in [-0.05, 0) is 24.5 Å². The fourth-order valence-corrected chi connectivity index (χ4v) is 5.82. The Balaban J connectivity index is 1.70. The maximum absolute atomic E-state index is 12.5. The lowest BCUT2D eigenvalue weighted by atomic mass is 9.83. The molecule has 1 aromatic rings. The second-order valence-corrected chi connectivity index (χ2v) is 7.98. The zero-order chi connectivity index (χ0) is 15.6. The van der Waals surface area contributed by atoms with Crippen LogP contribution in [-0.4, -0.2) is 40.8 Å². The van der Waals surface area contributed by atoms with Crippen LogP contribution in [0.15, 0.2) is 35.5 Å². The molecule has 5 rings (SSSR count). The van der Waals surface area contributed by atoms with E-state index < -0.39 is 4.93 Å². The predicted octanol–water partition coefficient (Wildman–Crippen LogP) is 2.65. The van der Waals surface area contributed by atoms with Crippen molar-refractivity contribution in [1.82, 2.24) is 4.90 Å². The van der Waals surface area contributed by atoms with Crippen LogP contribution in [0.2, 0.25) is 0 Å². The van der Waals surface area contributed by atoms with Crippen molar-refractivity contribution in [2.24, 2.45) is 0 Å². The van der Waals surface area contributed by atoms with Crippen molar-refractivity contribution < 1.29 is 14.3 Å². The van der Waals surface area contributed by atoms with Gasteiger partial charge in [0.2, 0.25) is 0 Å². The highest BCUT2D eigenvalue weighted by Crippen LogP contribution is 2.56. The summed E-state index contributed by atoms with van der Waals surface area (Å²) in [7, 11) is 0. The smallest absolute Gasteiger partial charge is 0.340 e. The summed E-state index contributed by atoms with van der Waals surface area (Å²) in [4.78, 5) is 14.4. The number of thioether (sulfide) groups is 1. The van der Waals surface area contributed by atoms with Gasteiger partial charge in [0.15, 0.2) is 4.93 Å². The minimum absolute atomic E-state index is 0.174. The molecule has 1 aromatic carbocycles. The summed E-state index contributed by atoms with van der Waals surface area (Å²) in [6.45, 7) is 3.64. The van der Waals surface area contributed by atoms with Crippen molar-refractivity contribution in [3.05, 3.63) is 46.7 Å². The van der Waals surface area contributed by atoms with Crippen molar-refractivity contribution in [2.45, 2.75) is 36.8 Å². The van der Waals surface area contributed by atoms with Gasteiger partial charge in [-0.25, -0.2) is 4.79 Å². The molecule has 0 saturated carbocycles. The number of ether oxygens (including phenoxy) is 2. The van der Waals surface area contributed by atoms with Gasteiger partial charge in [0.05, 0.1) is 18.3 Å². The zero-order valence-electron chi connectivity index (χ0n) is 13.1. The second kappa shape index (κ2) is 4.77. The summed E-state index contributed by atoms with van der Waals surface area (Å²) in [5.41, 5.74) is 4.65. The third-order valence-electron chi connectivity index (χ3n) is 5.45. The van der Waals surface area contributed by atoms with E-state index >= 15 is 0 Å². The van der Waals surface area contributed by atoms with Crippen LogP contribution in [0.4, 0.5) is 0 Å². The van der Waals surface area contributed by atoms with Gasteiger partial charge in [0, 0.05) is 18.7 Å². The number of esters is 1. The first-order chi connectivity index (χ1) is 11.2. The molecule has 1 fully saturated rings. The molecule has 1 spiro atoms. The summed E-state index contributed by atoms with van der Waals surface area (Å²) in [6.07, 6.45) is 1.67. The summed E-state index contributed by atoms with van der Waals surface area (Å²) in [5, 5.41) is 0. The lowest BCUT2D eigenvalue weighted by Crippen LogP contribution is -2.47. The van der Waals surface area contributed by atoms with E-state index in [4.69, 9.17) is 9.47 Å². The van der Waals surface area contributed by atoms with Crippen LogP contribution in [0.5, 0.6) is 0 Å². The van der Waals surface area contributed by atoms with Crippen LogP contribution < -0.4 is 0 Å². The minimum Gasteiger partial charge on any atom is -0.453 e. The van der Waals surface area contributed by atoms with Gasteiger partial charge in [-0.3, -0.25) is 0 Å². The molecule has 3 atom stereocenters. The maximum Gasteiger partial charge on any atom is 0.340 e. The summed E-state index contributed by atoms with van der Waals surface area (Å²) >= 11 is 1.77. The van der Waals surface area contributed by atoms with E-state index in [0.717, 1.165) is 36.4 Å². The molecule has 0 unspecified atom stereocenters. The second-order valence-electron chi connectivity index (χ2n) is 6.62. The number of cyclic esters (lactones) is 1. The minimum atomic E-state index is -0.511. The monoisotopic (exact) mass is 329 g/mol. The SMILES string of the molecule is C[C@@H]1OC(=O)C2=C1N1CCc3ccccc3[C@@H]1C[C@]21OCCS1. The molecule has 4 heterocycles. The van der Waals surface area contributed by atoms with Crippen LogP contribution in [0.1, 0.15) is 30.5 Å². The Kier molecular flexibility index (Phi) is 2.89. The van der Waals surface area contributed by atoms with E-state index in [1.807, 2.05) is 6.92 Å². The largest absolute Gasteiger partial charge is 0.453 e. The molecular formula is C18H19NO3S. The standard InChI is InChI=1S/C18H19NO3S/c1-11-16-15(17(20)22-11)18(21-8-9-23-18)10-14-13-5-3-2-4-12(13)6-7-19(14)16/h2-5,11,14H,6-10H2,1H3/t11-,14-,18+/m0/s1. The molecule has 4 nitrogen and oxygen atoms in total. The highest BCUT2D eigenvalue weighted by molar-refractivity contribution is 8.01. The zero-order valence-corrected chi connectivity index (χ0v) is 13.9. The van der Waals surface area contributed by atoms with Crippen molar-refractivity contribution in [2.75, 3.05) is 18.9 Å². The summed E-state index contributed by atoms with van der Waals surface area (Å²) in [6, 6.07) is 8.96. The Bertz CT molecular complexity index is 723. The summed E-state index contributed by atoms with van der Waals surface area (Å²) < 4.78 is 11.7. The van der Waals surface area contributed by atoms with E-state index in [9.17, 15) is 4.79 Å². The first kappa shape index (κ1) is 13.9. The van der Waals surface area contributed by atoms with Gasteiger partial charge < -0.3 is 14.4 Å². The number of hydrogen-bond donors (Lipinski definition) is 0. The van der Waals surface area contributed by atoms with Crippen molar-refractivity contribution in [3.63, 3.8) is 0 Å². The third kappa shape index (κ3) is 1.81. The van der Waals surface area contributed by atoms with Gasteiger partial charge in [0.25, 0.3) is 0 Å². The highest BCUT2D eigenvalue weighted by atomic mass is 32.2. The maximum atomic E-state index is 12.5. The van der Waals surface area contributed by atoms with E-state index in [-0.39, 0.29) is 18.1 Å². The number of benzene rings is 1. The molecule has 0 N–H and O–H groups in total. The molecular weight excluding hydrogens is 310 g/mol. The molecule has 120 valence electrons. The summed E-state index contributed by atoms with van der Waals surface area (Å²) in [5.74, 6) is 0.756. The lowest BCUT2D eigenvalue weighted by molar-refractivity contribution is -0.140. The molecule has 0 radical (unpaired) electrons. The first-order valence-electron chi connectivity index (χ1n) is 8.27. The van der Waals surface area contributed by atoms with E-state index in [2.05, 4.69) is 29.2 Å². The molecule has 1 saturated heterocycles. The quantitative estimate of drug-likeness (QED) is 0.684. The van der Waals surface area contributed by atoms with Crippen LogP contribution in [0.25, 0.3) is 0 Å². The number of nitrogens with zero attached hydrogens (tertiary/aromatic N) is 1. The number of hydrogen-bond acceptors (Lipinski definition) is 5. The van der Waals surface area contributed by atoms with Gasteiger partial charge in [-0.15, -0.1) is 11.8 Å². The van der Waals surface area contributed by atoms with Crippen LogP contribution in [-0.2, 0) is 20.7 Å². The molecule has 23 heavy (non-hydrogen) atoms. The molecule has 4 aliphatic heterocycles.